The second-order valence-corrected chi connectivity index (χ2v) is 8.59. The van der Waals surface area contributed by atoms with Crippen LogP contribution in [0.15, 0.2) is 42.5 Å². The number of ether oxygens (including phenoxy) is 2. The van der Waals surface area contributed by atoms with Crippen molar-refractivity contribution >= 4 is 11.6 Å². The standard InChI is InChI=1S/C25H33FN4O3/c1-32-23-8-3-20(17-24(23)33-2)18-27-9-11-28(12-10-27)19-25(31)30-15-13-29(14-16-30)22-6-4-21(26)5-7-22/h3-8,17H,9-16,18-19H2,1-2H3. The number of carbonyl (C=O) groups is 1. The van der Waals surface area contributed by atoms with Gasteiger partial charge in [0, 0.05) is 64.6 Å². The van der Waals surface area contributed by atoms with E-state index in [1.165, 1.54) is 17.7 Å². The molecule has 0 unspecified atom stereocenters. The molecule has 0 spiro atoms. The normalized spacial score (nSPS) is 17.8. The number of hydrogen-bond acceptors (Lipinski definition) is 6. The Hall–Kier alpha value is -2.84. The lowest BCUT2D eigenvalue weighted by Gasteiger charge is -2.38. The fourth-order valence-corrected chi connectivity index (χ4v) is 4.50. The molecule has 2 aliphatic heterocycles. The summed E-state index contributed by atoms with van der Waals surface area (Å²) in [6, 6.07) is 12.6. The average molecular weight is 457 g/mol. The lowest BCUT2D eigenvalue weighted by Crippen LogP contribution is -2.53. The number of carbonyl (C=O) groups excluding carboxylic acids is 1. The molecule has 0 radical (unpaired) electrons. The van der Waals surface area contributed by atoms with Gasteiger partial charge in [0.15, 0.2) is 11.5 Å². The van der Waals surface area contributed by atoms with Crippen LogP contribution in [-0.4, -0.2) is 93.7 Å². The Morgan fingerprint density at radius 2 is 1.45 bits per heavy atom. The number of anilines is 1. The molecule has 2 heterocycles. The van der Waals surface area contributed by atoms with Gasteiger partial charge in [0.1, 0.15) is 5.82 Å². The third-order valence-electron chi connectivity index (χ3n) is 6.50. The van der Waals surface area contributed by atoms with Gasteiger partial charge in [-0.1, -0.05) is 6.07 Å². The molecule has 0 bridgehead atoms. The van der Waals surface area contributed by atoms with E-state index in [4.69, 9.17) is 9.47 Å². The highest BCUT2D eigenvalue weighted by Crippen LogP contribution is 2.28. The molecular weight excluding hydrogens is 423 g/mol. The minimum absolute atomic E-state index is 0.196. The minimum Gasteiger partial charge on any atom is -0.493 e. The molecule has 0 saturated carbocycles. The van der Waals surface area contributed by atoms with Crippen molar-refractivity contribution in [3.63, 3.8) is 0 Å². The van der Waals surface area contributed by atoms with Crippen molar-refractivity contribution in [1.29, 1.82) is 0 Å². The van der Waals surface area contributed by atoms with Gasteiger partial charge in [-0.15, -0.1) is 0 Å². The predicted octanol–water partition coefficient (Wildman–Crippen LogP) is 2.31. The van der Waals surface area contributed by atoms with Crippen molar-refractivity contribution in [2.45, 2.75) is 6.54 Å². The predicted molar refractivity (Wildman–Crippen MR) is 126 cm³/mol. The van der Waals surface area contributed by atoms with Gasteiger partial charge in [0.25, 0.3) is 0 Å². The molecule has 178 valence electrons. The van der Waals surface area contributed by atoms with Gasteiger partial charge in [-0.2, -0.15) is 0 Å². The van der Waals surface area contributed by atoms with Crippen LogP contribution in [0.25, 0.3) is 0 Å². The number of halogens is 1. The summed E-state index contributed by atoms with van der Waals surface area (Å²) in [7, 11) is 3.30. The number of rotatable bonds is 7. The maximum atomic E-state index is 13.1. The van der Waals surface area contributed by atoms with Crippen molar-refractivity contribution in [2.24, 2.45) is 0 Å². The van der Waals surface area contributed by atoms with Crippen LogP contribution in [0.5, 0.6) is 11.5 Å². The van der Waals surface area contributed by atoms with Crippen molar-refractivity contribution in [2.75, 3.05) is 78.0 Å². The first-order valence-corrected chi connectivity index (χ1v) is 11.5. The Morgan fingerprint density at radius 1 is 0.818 bits per heavy atom. The van der Waals surface area contributed by atoms with Crippen LogP contribution < -0.4 is 14.4 Å². The molecular formula is C25H33FN4O3. The number of amides is 1. The smallest absolute Gasteiger partial charge is 0.236 e. The summed E-state index contributed by atoms with van der Waals surface area (Å²) >= 11 is 0. The quantitative estimate of drug-likeness (QED) is 0.637. The summed E-state index contributed by atoms with van der Waals surface area (Å²) < 4.78 is 23.9. The number of hydrogen-bond donors (Lipinski definition) is 0. The summed E-state index contributed by atoms with van der Waals surface area (Å²) in [4.78, 5) is 21.6. The molecule has 0 N–H and O–H groups in total. The summed E-state index contributed by atoms with van der Waals surface area (Å²) in [5.74, 6) is 1.46. The molecule has 33 heavy (non-hydrogen) atoms. The average Bonchev–Trinajstić information content (AvgIpc) is 2.85. The summed E-state index contributed by atoms with van der Waals surface area (Å²) in [6.07, 6.45) is 0. The van der Waals surface area contributed by atoms with E-state index < -0.39 is 0 Å². The van der Waals surface area contributed by atoms with E-state index in [1.54, 1.807) is 26.4 Å². The lowest BCUT2D eigenvalue weighted by molar-refractivity contribution is -0.133. The molecule has 7 nitrogen and oxygen atoms in total. The van der Waals surface area contributed by atoms with Crippen LogP contribution in [-0.2, 0) is 11.3 Å². The first kappa shape index (κ1) is 23.3. The fourth-order valence-electron chi connectivity index (χ4n) is 4.50. The zero-order chi connectivity index (χ0) is 23.2. The minimum atomic E-state index is -0.226. The van der Waals surface area contributed by atoms with Crippen molar-refractivity contribution in [3.8, 4) is 11.5 Å². The van der Waals surface area contributed by atoms with Crippen molar-refractivity contribution in [1.82, 2.24) is 14.7 Å². The Balaban J connectivity index is 1.20. The van der Waals surface area contributed by atoms with Gasteiger partial charge in [0.05, 0.1) is 20.8 Å². The second kappa shape index (κ2) is 10.9. The van der Waals surface area contributed by atoms with E-state index in [9.17, 15) is 9.18 Å². The summed E-state index contributed by atoms with van der Waals surface area (Å²) in [5.41, 5.74) is 2.20. The van der Waals surface area contributed by atoms with Crippen LogP contribution >= 0.6 is 0 Å². The third-order valence-corrected chi connectivity index (χ3v) is 6.50. The Morgan fingerprint density at radius 3 is 2.09 bits per heavy atom. The number of benzene rings is 2. The number of piperazine rings is 2. The number of nitrogens with zero attached hydrogens (tertiary/aromatic N) is 4. The molecule has 2 aromatic carbocycles. The van der Waals surface area contributed by atoms with Gasteiger partial charge in [-0.3, -0.25) is 14.6 Å². The topological polar surface area (TPSA) is 48.5 Å². The van der Waals surface area contributed by atoms with E-state index in [-0.39, 0.29) is 11.7 Å². The van der Waals surface area contributed by atoms with Gasteiger partial charge in [-0.05, 0) is 42.0 Å². The van der Waals surface area contributed by atoms with Gasteiger partial charge in [0.2, 0.25) is 5.91 Å². The van der Waals surface area contributed by atoms with Crippen LogP contribution in [0.4, 0.5) is 10.1 Å². The maximum absolute atomic E-state index is 13.1. The van der Waals surface area contributed by atoms with Gasteiger partial charge in [-0.25, -0.2) is 4.39 Å². The summed E-state index contributed by atoms with van der Waals surface area (Å²) in [6.45, 7) is 7.91. The molecule has 1 amide bonds. The van der Waals surface area contributed by atoms with E-state index >= 15 is 0 Å². The van der Waals surface area contributed by atoms with E-state index in [0.29, 0.717) is 19.6 Å². The largest absolute Gasteiger partial charge is 0.493 e. The second-order valence-electron chi connectivity index (χ2n) is 8.59. The number of methoxy groups -OCH3 is 2. The van der Waals surface area contributed by atoms with Crippen molar-refractivity contribution in [3.05, 3.63) is 53.8 Å². The van der Waals surface area contributed by atoms with Crippen molar-refractivity contribution < 1.29 is 18.7 Å². The molecule has 0 atom stereocenters. The Bertz CT molecular complexity index is 924. The molecule has 0 aliphatic carbocycles. The van der Waals surface area contributed by atoms with Crippen LogP contribution in [0.3, 0.4) is 0 Å². The van der Waals surface area contributed by atoms with E-state index in [2.05, 4.69) is 20.8 Å². The molecule has 8 heteroatoms. The van der Waals surface area contributed by atoms with Gasteiger partial charge >= 0.3 is 0 Å². The third kappa shape index (κ3) is 5.94. The molecule has 2 fully saturated rings. The van der Waals surface area contributed by atoms with Crippen LogP contribution in [0, 0.1) is 5.82 Å². The Kier molecular flexibility index (Phi) is 7.67. The fraction of sp³-hybridized carbons (Fsp3) is 0.480. The highest BCUT2D eigenvalue weighted by atomic mass is 19.1. The molecule has 0 aromatic heterocycles. The highest BCUT2D eigenvalue weighted by molar-refractivity contribution is 5.78. The summed E-state index contributed by atoms with van der Waals surface area (Å²) in [5, 5.41) is 0. The van der Waals surface area contributed by atoms with E-state index in [1.807, 2.05) is 17.0 Å². The highest BCUT2D eigenvalue weighted by Gasteiger charge is 2.25. The zero-order valence-electron chi connectivity index (χ0n) is 19.5. The Labute approximate surface area is 195 Å². The maximum Gasteiger partial charge on any atom is 0.236 e. The van der Waals surface area contributed by atoms with E-state index in [0.717, 1.165) is 63.0 Å². The SMILES string of the molecule is COc1ccc(CN2CCN(CC(=O)N3CCN(c4ccc(F)cc4)CC3)CC2)cc1OC. The first-order chi connectivity index (χ1) is 16.1. The molecule has 4 rings (SSSR count). The first-order valence-electron chi connectivity index (χ1n) is 11.5. The molecule has 2 aromatic rings. The monoisotopic (exact) mass is 456 g/mol. The molecule has 2 saturated heterocycles. The zero-order valence-corrected chi connectivity index (χ0v) is 19.5. The van der Waals surface area contributed by atoms with Crippen LogP contribution in [0.2, 0.25) is 0 Å². The lowest BCUT2D eigenvalue weighted by atomic mass is 10.1. The molecule has 2 aliphatic rings. The van der Waals surface area contributed by atoms with Gasteiger partial charge < -0.3 is 19.3 Å². The van der Waals surface area contributed by atoms with Crippen LogP contribution in [0.1, 0.15) is 5.56 Å².